The minimum absolute atomic E-state index is 0.0794. The fourth-order valence-corrected chi connectivity index (χ4v) is 4.41. The lowest BCUT2D eigenvalue weighted by Gasteiger charge is -2.39. The molecule has 1 aromatic carbocycles. The number of piperidine rings is 1. The van der Waals surface area contributed by atoms with E-state index in [4.69, 9.17) is 0 Å². The van der Waals surface area contributed by atoms with Crippen LogP contribution in [0.2, 0.25) is 0 Å². The molecule has 0 aliphatic carbocycles. The van der Waals surface area contributed by atoms with Gasteiger partial charge in [0.2, 0.25) is 11.8 Å². The van der Waals surface area contributed by atoms with Crippen molar-refractivity contribution >= 4 is 17.6 Å². The third kappa shape index (κ3) is 5.21. The second-order valence-electron chi connectivity index (χ2n) is 8.40. The summed E-state index contributed by atoms with van der Waals surface area (Å²) in [6, 6.07) is 12.5. The minimum Gasteiger partial charge on any atom is -0.353 e. The number of likely N-dealkylation sites (tertiary alicyclic amines) is 1. The fourth-order valence-electron chi connectivity index (χ4n) is 4.41. The maximum absolute atomic E-state index is 13.4. The number of anilines is 1. The number of pyridine rings is 1. The average molecular weight is 425 g/mol. The van der Waals surface area contributed by atoms with Crippen LogP contribution in [-0.4, -0.2) is 65.9 Å². The summed E-state index contributed by atoms with van der Waals surface area (Å²) in [7, 11) is 0. The predicted octanol–water partition coefficient (Wildman–Crippen LogP) is 2.66. The number of piperazine rings is 1. The largest absolute Gasteiger partial charge is 0.353 e. The molecule has 7 heteroatoms. The van der Waals surface area contributed by atoms with Crippen LogP contribution in [0.5, 0.6) is 0 Å². The normalized spacial score (nSPS) is 19.6. The number of rotatable bonds is 5. The maximum Gasteiger partial charge on any atom is 0.227 e. The Balaban J connectivity index is 1.31. The number of hydrogen-bond donors (Lipinski definition) is 0. The molecule has 0 bridgehead atoms. The lowest BCUT2D eigenvalue weighted by Crippen LogP contribution is -2.53. The first-order chi connectivity index (χ1) is 15.0. The Hall–Kier alpha value is -2.96. The van der Waals surface area contributed by atoms with Gasteiger partial charge in [-0.15, -0.1) is 0 Å². The van der Waals surface area contributed by atoms with Crippen LogP contribution in [0.25, 0.3) is 0 Å². The number of carbonyl (C=O) groups is 2. The van der Waals surface area contributed by atoms with Gasteiger partial charge in [0.1, 0.15) is 11.6 Å². The van der Waals surface area contributed by atoms with Crippen LogP contribution < -0.4 is 4.90 Å². The van der Waals surface area contributed by atoms with Gasteiger partial charge in [-0.05, 0) is 49.6 Å². The van der Waals surface area contributed by atoms with Crippen molar-refractivity contribution in [1.29, 1.82) is 0 Å². The molecule has 1 atom stereocenters. The molecule has 6 nitrogen and oxygen atoms in total. The van der Waals surface area contributed by atoms with E-state index in [9.17, 15) is 14.0 Å². The van der Waals surface area contributed by atoms with Gasteiger partial charge in [-0.1, -0.05) is 18.2 Å². The Kier molecular flexibility index (Phi) is 6.49. The molecule has 0 radical (unpaired) electrons. The monoisotopic (exact) mass is 424 g/mol. The third-order valence-electron chi connectivity index (χ3n) is 6.20. The molecule has 164 valence electrons. The van der Waals surface area contributed by atoms with E-state index < -0.39 is 0 Å². The SMILES string of the molecule is Cc1cccc(N2CCN(C(=O)[C@@H]3CCC(=O)N(CCc4cccc(F)c4)C3)CC2)n1. The summed E-state index contributed by atoms with van der Waals surface area (Å²) in [6.07, 6.45) is 1.59. The molecule has 0 saturated carbocycles. The topological polar surface area (TPSA) is 56.8 Å². The van der Waals surface area contributed by atoms with E-state index in [-0.39, 0.29) is 23.5 Å². The Morgan fingerprint density at radius 1 is 1.13 bits per heavy atom. The molecule has 2 fully saturated rings. The Labute approximate surface area is 182 Å². The summed E-state index contributed by atoms with van der Waals surface area (Å²) >= 11 is 0. The van der Waals surface area contributed by atoms with Crippen molar-refractivity contribution in [3.63, 3.8) is 0 Å². The zero-order chi connectivity index (χ0) is 21.8. The van der Waals surface area contributed by atoms with E-state index in [0.29, 0.717) is 45.4 Å². The van der Waals surface area contributed by atoms with Crippen LogP contribution in [0.3, 0.4) is 0 Å². The van der Waals surface area contributed by atoms with Gasteiger partial charge in [-0.25, -0.2) is 9.37 Å². The molecule has 0 unspecified atom stereocenters. The lowest BCUT2D eigenvalue weighted by atomic mass is 9.95. The van der Waals surface area contributed by atoms with Gasteiger partial charge >= 0.3 is 0 Å². The Bertz CT molecular complexity index is 943. The van der Waals surface area contributed by atoms with Gasteiger partial charge in [-0.3, -0.25) is 9.59 Å². The zero-order valence-corrected chi connectivity index (χ0v) is 18.0. The lowest BCUT2D eigenvalue weighted by molar-refractivity contribution is -0.143. The molecule has 2 amide bonds. The second-order valence-corrected chi connectivity index (χ2v) is 8.40. The van der Waals surface area contributed by atoms with E-state index in [1.165, 1.54) is 12.1 Å². The molecule has 0 spiro atoms. The number of amides is 2. The molecule has 2 aromatic rings. The molecular weight excluding hydrogens is 395 g/mol. The van der Waals surface area contributed by atoms with Crippen LogP contribution in [-0.2, 0) is 16.0 Å². The number of benzene rings is 1. The molecule has 2 aliphatic rings. The van der Waals surface area contributed by atoms with Gasteiger partial charge < -0.3 is 14.7 Å². The number of aryl methyl sites for hydroxylation is 1. The zero-order valence-electron chi connectivity index (χ0n) is 18.0. The highest BCUT2D eigenvalue weighted by Gasteiger charge is 2.33. The Morgan fingerprint density at radius 2 is 1.90 bits per heavy atom. The molecule has 1 aromatic heterocycles. The summed E-state index contributed by atoms with van der Waals surface area (Å²) in [5.74, 6) is 0.749. The fraction of sp³-hybridized carbons (Fsp3) is 0.458. The van der Waals surface area contributed by atoms with Crippen molar-refractivity contribution in [2.45, 2.75) is 26.2 Å². The predicted molar refractivity (Wildman–Crippen MR) is 117 cm³/mol. The molecule has 0 N–H and O–H groups in total. The maximum atomic E-state index is 13.4. The van der Waals surface area contributed by atoms with Crippen molar-refractivity contribution in [3.05, 3.63) is 59.5 Å². The van der Waals surface area contributed by atoms with Crippen LogP contribution in [0.1, 0.15) is 24.1 Å². The number of hydrogen-bond acceptors (Lipinski definition) is 4. The summed E-state index contributed by atoms with van der Waals surface area (Å²) in [6.45, 7) is 5.80. The molecule has 3 heterocycles. The minimum atomic E-state index is -0.268. The van der Waals surface area contributed by atoms with Crippen molar-refractivity contribution in [2.75, 3.05) is 44.2 Å². The highest BCUT2D eigenvalue weighted by Crippen LogP contribution is 2.22. The number of carbonyl (C=O) groups excluding carboxylic acids is 2. The van der Waals surface area contributed by atoms with E-state index in [1.807, 2.05) is 36.1 Å². The van der Waals surface area contributed by atoms with Gasteiger partial charge in [0, 0.05) is 51.4 Å². The molecule has 31 heavy (non-hydrogen) atoms. The highest BCUT2D eigenvalue weighted by molar-refractivity contribution is 5.84. The van der Waals surface area contributed by atoms with Crippen molar-refractivity contribution < 1.29 is 14.0 Å². The van der Waals surface area contributed by atoms with E-state index >= 15 is 0 Å². The summed E-state index contributed by atoms with van der Waals surface area (Å²) in [5, 5.41) is 0. The van der Waals surface area contributed by atoms with E-state index in [0.717, 1.165) is 30.2 Å². The first-order valence-electron chi connectivity index (χ1n) is 11.0. The molecule has 4 rings (SSSR count). The van der Waals surface area contributed by atoms with Crippen LogP contribution in [0, 0.1) is 18.7 Å². The second kappa shape index (κ2) is 9.45. The van der Waals surface area contributed by atoms with Crippen LogP contribution >= 0.6 is 0 Å². The average Bonchev–Trinajstić information content (AvgIpc) is 2.78. The molecular formula is C24H29FN4O2. The van der Waals surface area contributed by atoms with Gasteiger partial charge in [0.25, 0.3) is 0 Å². The molecule has 2 saturated heterocycles. The summed E-state index contributed by atoms with van der Waals surface area (Å²) in [4.78, 5) is 36.0. The van der Waals surface area contributed by atoms with Crippen LogP contribution in [0.4, 0.5) is 10.2 Å². The summed E-state index contributed by atoms with van der Waals surface area (Å²) in [5.41, 5.74) is 1.85. The number of halogens is 1. The van der Waals surface area contributed by atoms with Gasteiger partial charge in [-0.2, -0.15) is 0 Å². The Morgan fingerprint density at radius 3 is 2.65 bits per heavy atom. The first-order valence-corrected chi connectivity index (χ1v) is 11.0. The van der Waals surface area contributed by atoms with E-state index in [2.05, 4.69) is 9.88 Å². The van der Waals surface area contributed by atoms with E-state index in [1.54, 1.807) is 11.0 Å². The molecule has 2 aliphatic heterocycles. The quantitative estimate of drug-likeness (QED) is 0.741. The van der Waals surface area contributed by atoms with Crippen molar-refractivity contribution in [3.8, 4) is 0 Å². The highest BCUT2D eigenvalue weighted by atomic mass is 19.1. The third-order valence-corrected chi connectivity index (χ3v) is 6.20. The standard InChI is InChI=1S/C24H29FN4O2/c1-18-4-2-7-22(26-18)27-12-14-28(15-13-27)24(31)20-8-9-23(30)29(17-20)11-10-19-5-3-6-21(25)16-19/h2-7,16,20H,8-15,17H2,1H3/t20-/m1/s1. The number of nitrogens with zero attached hydrogens (tertiary/aromatic N) is 4. The number of aromatic nitrogens is 1. The first kappa shape index (κ1) is 21.3. The summed E-state index contributed by atoms with van der Waals surface area (Å²) < 4.78 is 13.4. The van der Waals surface area contributed by atoms with Gasteiger partial charge in [0.05, 0.1) is 5.92 Å². The van der Waals surface area contributed by atoms with Crippen molar-refractivity contribution in [1.82, 2.24) is 14.8 Å². The van der Waals surface area contributed by atoms with Crippen LogP contribution in [0.15, 0.2) is 42.5 Å². The van der Waals surface area contributed by atoms with Crippen molar-refractivity contribution in [2.24, 2.45) is 5.92 Å². The van der Waals surface area contributed by atoms with Gasteiger partial charge in [0.15, 0.2) is 0 Å². The smallest absolute Gasteiger partial charge is 0.227 e.